The molecule has 1 N–H and O–H groups in total. The number of para-hydroxylation sites is 1. The van der Waals surface area contributed by atoms with Gasteiger partial charge in [0.05, 0.1) is 12.7 Å². The average molecular weight is 332 g/mol. The Morgan fingerprint density at radius 1 is 1.38 bits per heavy atom. The lowest BCUT2D eigenvalue weighted by Crippen LogP contribution is -2.35. The molecule has 0 radical (unpaired) electrons. The van der Waals surface area contributed by atoms with Crippen molar-refractivity contribution in [1.29, 1.82) is 0 Å². The minimum absolute atomic E-state index is 0.0816. The summed E-state index contributed by atoms with van der Waals surface area (Å²) in [5.41, 5.74) is 0.492. The summed E-state index contributed by atoms with van der Waals surface area (Å²) in [5, 5.41) is 12.6. The van der Waals surface area contributed by atoms with Crippen molar-refractivity contribution in [1.82, 2.24) is 10.1 Å². The lowest BCUT2D eigenvalue weighted by atomic mass is 10.1. The number of methoxy groups -OCH3 is 1. The number of carboxylic acids is 1. The van der Waals surface area contributed by atoms with Crippen LogP contribution in [0.25, 0.3) is 11.3 Å². The highest BCUT2D eigenvalue weighted by Gasteiger charge is 2.23. The van der Waals surface area contributed by atoms with Gasteiger partial charge in [0.2, 0.25) is 0 Å². The number of likely N-dealkylation sites (tertiary alicyclic amines) is 1. The van der Waals surface area contributed by atoms with Crippen molar-refractivity contribution in [3.8, 4) is 22.8 Å². The fraction of sp³-hybridized carbons (Fsp3) is 0.412. The number of hydrogen-bond acceptors (Lipinski definition) is 6. The summed E-state index contributed by atoms with van der Waals surface area (Å²) in [6.45, 7) is 1.95. The van der Waals surface area contributed by atoms with E-state index in [2.05, 4.69) is 17.1 Å². The second kappa shape index (κ2) is 6.92. The Morgan fingerprint density at radius 2 is 2.12 bits per heavy atom. The number of aromatic nitrogens is 1. The SMILES string of the molecule is COc1cccc(-c2cc(C(=O)O)no2)c1OC1CCN(C)CC1. The number of aromatic carboxylic acids is 1. The molecule has 0 spiro atoms. The molecular weight excluding hydrogens is 312 g/mol. The number of piperidine rings is 1. The number of rotatable bonds is 5. The highest BCUT2D eigenvalue weighted by atomic mass is 16.5. The molecule has 1 aliphatic heterocycles. The van der Waals surface area contributed by atoms with Gasteiger partial charge in [-0.25, -0.2) is 4.79 Å². The minimum atomic E-state index is -1.13. The van der Waals surface area contributed by atoms with Crippen LogP contribution >= 0.6 is 0 Å². The van der Waals surface area contributed by atoms with E-state index in [-0.39, 0.29) is 11.8 Å². The van der Waals surface area contributed by atoms with Crippen LogP contribution in [-0.4, -0.2) is 54.5 Å². The first-order valence-electron chi connectivity index (χ1n) is 7.81. The first-order valence-corrected chi connectivity index (χ1v) is 7.81. The van der Waals surface area contributed by atoms with Gasteiger partial charge in [0.15, 0.2) is 23.0 Å². The molecule has 128 valence electrons. The van der Waals surface area contributed by atoms with Crippen LogP contribution in [0.15, 0.2) is 28.8 Å². The monoisotopic (exact) mass is 332 g/mol. The molecule has 1 aliphatic rings. The van der Waals surface area contributed by atoms with Crippen LogP contribution in [0.4, 0.5) is 0 Å². The minimum Gasteiger partial charge on any atom is -0.493 e. The van der Waals surface area contributed by atoms with E-state index in [1.54, 1.807) is 19.2 Å². The third-order valence-corrected chi connectivity index (χ3v) is 4.14. The highest BCUT2D eigenvalue weighted by molar-refractivity contribution is 5.87. The van der Waals surface area contributed by atoms with Crippen LogP contribution in [0.5, 0.6) is 11.5 Å². The van der Waals surface area contributed by atoms with Gasteiger partial charge in [0, 0.05) is 19.2 Å². The van der Waals surface area contributed by atoms with E-state index in [9.17, 15) is 4.79 Å². The van der Waals surface area contributed by atoms with Crippen LogP contribution in [0.1, 0.15) is 23.3 Å². The van der Waals surface area contributed by atoms with E-state index in [0.29, 0.717) is 22.8 Å². The van der Waals surface area contributed by atoms with Gasteiger partial charge in [-0.2, -0.15) is 0 Å². The Bertz CT molecular complexity index is 720. The Hall–Kier alpha value is -2.54. The van der Waals surface area contributed by atoms with Crippen molar-refractivity contribution in [2.45, 2.75) is 18.9 Å². The van der Waals surface area contributed by atoms with Crippen LogP contribution in [0.2, 0.25) is 0 Å². The summed E-state index contributed by atoms with van der Waals surface area (Å²) in [6.07, 6.45) is 1.92. The van der Waals surface area contributed by atoms with E-state index in [0.717, 1.165) is 25.9 Å². The third kappa shape index (κ3) is 3.35. The molecule has 0 bridgehead atoms. The number of hydrogen-bond donors (Lipinski definition) is 1. The average Bonchev–Trinajstić information content (AvgIpc) is 3.07. The largest absolute Gasteiger partial charge is 0.493 e. The molecular formula is C17H20N2O5. The van der Waals surface area contributed by atoms with Gasteiger partial charge in [-0.3, -0.25) is 0 Å². The Kier molecular flexibility index (Phi) is 4.71. The zero-order chi connectivity index (χ0) is 17.1. The highest BCUT2D eigenvalue weighted by Crippen LogP contribution is 2.39. The maximum absolute atomic E-state index is 11.0. The third-order valence-electron chi connectivity index (χ3n) is 4.14. The summed E-state index contributed by atoms with van der Waals surface area (Å²) in [7, 11) is 3.66. The first kappa shape index (κ1) is 16.3. The van der Waals surface area contributed by atoms with Crippen molar-refractivity contribution in [2.24, 2.45) is 0 Å². The molecule has 3 rings (SSSR count). The molecule has 2 aromatic rings. The second-order valence-corrected chi connectivity index (χ2v) is 5.84. The molecule has 0 amide bonds. The van der Waals surface area contributed by atoms with Crippen molar-refractivity contribution in [3.05, 3.63) is 30.0 Å². The van der Waals surface area contributed by atoms with E-state index in [1.807, 2.05) is 6.07 Å². The van der Waals surface area contributed by atoms with Gasteiger partial charge < -0.3 is 24.0 Å². The summed E-state index contributed by atoms with van der Waals surface area (Å²) in [6, 6.07) is 6.80. The van der Waals surface area contributed by atoms with E-state index in [1.165, 1.54) is 6.07 Å². The summed E-state index contributed by atoms with van der Waals surface area (Å²) >= 11 is 0. The molecule has 7 heteroatoms. The van der Waals surface area contributed by atoms with E-state index < -0.39 is 5.97 Å². The van der Waals surface area contributed by atoms with Gasteiger partial charge in [0.1, 0.15) is 6.10 Å². The van der Waals surface area contributed by atoms with Gasteiger partial charge in [-0.1, -0.05) is 11.2 Å². The first-order chi connectivity index (χ1) is 11.6. The molecule has 0 saturated carbocycles. The van der Waals surface area contributed by atoms with Gasteiger partial charge in [-0.15, -0.1) is 0 Å². The molecule has 1 aromatic heterocycles. The Morgan fingerprint density at radius 3 is 2.75 bits per heavy atom. The topological polar surface area (TPSA) is 85.0 Å². The predicted molar refractivity (Wildman–Crippen MR) is 86.6 cm³/mol. The second-order valence-electron chi connectivity index (χ2n) is 5.84. The smallest absolute Gasteiger partial charge is 0.358 e. The van der Waals surface area contributed by atoms with Gasteiger partial charge in [0.25, 0.3) is 0 Å². The lowest BCUT2D eigenvalue weighted by Gasteiger charge is -2.30. The maximum Gasteiger partial charge on any atom is 0.358 e. The van der Waals surface area contributed by atoms with Gasteiger partial charge in [-0.05, 0) is 32.0 Å². The molecule has 1 fully saturated rings. The molecule has 0 unspecified atom stereocenters. The van der Waals surface area contributed by atoms with Crippen LogP contribution in [-0.2, 0) is 0 Å². The Labute approximate surface area is 139 Å². The van der Waals surface area contributed by atoms with Crippen LogP contribution in [0.3, 0.4) is 0 Å². The molecule has 2 heterocycles. The summed E-state index contributed by atoms with van der Waals surface area (Å²) in [4.78, 5) is 13.3. The predicted octanol–water partition coefficient (Wildman–Crippen LogP) is 2.52. The van der Waals surface area contributed by atoms with Gasteiger partial charge >= 0.3 is 5.97 Å². The molecule has 7 nitrogen and oxygen atoms in total. The number of benzene rings is 1. The zero-order valence-electron chi connectivity index (χ0n) is 13.7. The van der Waals surface area contributed by atoms with Crippen molar-refractivity contribution in [2.75, 3.05) is 27.2 Å². The fourth-order valence-corrected chi connectivity index (χ4v) is 2.76. The quantitative estimate of drug-likeness (QED) is 0.900. The normalized spacial score (nSPS) is 16.1. The molecule has 1 saturated heterocycles. The molecule has 1 aromatic carbocycles. The summed E-state index contributed by atoms with van der Waals surface area (Å²) in [5.74, 6) is 0.349. The fourth-order valence-electron chi connectivity index (χ4n) is 2.76. The lowest BCUT2D eigenvalue weighted by molar-refractivity contribution is 0.0686. The van der Waals surface area contributed by atoms with Crippen molar-refractivity contribution < 1.29 is 23.9 Å². The van der Waals surface area contributed by atoms with E-state index in [4.69, 9.17) is 19.1 Å². The zero-order valence-corrected chi connectivity index (χ0v) is 13.7. The van der Waals surface area contributed by atoms with Crippen molar-refractivity contribution >= 4 is 5.97 Å². The van der Waals surface area contributed by atoms with Crippen LogP contribution in [0, 0.1) is 0 Å². The molecule has 0 atom stereocenters. The van der Waals surface area contributed by atoms with Crippen LogP contribution < -0.4 is 9.47 Å². The number of ether oxygens (including phenoxy) is 2. The van der Waals surface area contributed by atoms with Crippen molar-refractivity contribution in [3.63, 3.8) is 0 Å². The summed E-state index contributed by atoms with van der Waals surface area (Å²) < 4.78 is 16.8. The Balaban J connectivity index is 1.92. The number of carbonyl (C=O) groups is 1. The molecule has 0 aliphatic carbocycles. The molecule has 24 heavy (non-hydrogen) atoms. The number of nitrogens with zero attached hydrogens (tertiary/aromatic N) is 2. The maximum atomic E-state index is 11.0. The standard InChI is InChI=1S/C17H20N2O5/c1-19-8-6-11(7-9-19)23-16-12(4-3-5-14(16)22-2)15-10-13(17(20)21)18-24-15/h3-5,10-11H,6-9H2,1-2H3,(H,20,21). The van der Waals surface area contributed by atoms with E-state index >= 15 is 0 Å². The number of carboxylic acid groups (broad SMARTS) is 1.